The number of anilines is 1. The Morgan fingerprint density at radius 1 is 1.16 bits per heavy atom. The fourth-order valence-corrected chi connectivity index (χ4v) is 4.78. The van der Waals surface area contributed by atoms with E-state index >= 15 is 0 Å². The highest BCUT2D eigenvalue weighted by Crippen LogP contribution is 2.32. The quantitative estimate of drug-likeness (QED) is 0.648. The normalized spacial score (nSPS) is 20.2. The van der Waals surface area contributed by atoms with Gasteiger partial charge in [-0.1, -0.05) is 12.1 Å². The number of piperidine rings is 1. The summed E-state index contributed by atoms with van der Waals surface area (Å²) in [7, 11) is 0. The summed E-state index contributed by atoms with van der Waals surface area (Å²) < 4.78 is 5.60. The topological polar surface area (TPSA) is 73.2 Å². The first-order valence-corrected chi connectivity index (χ1v) is 11.5. The Balaban J connectivity index is 1.32. The van der Waals surface area contributed by atoms with Crippen molar-refractivity contribution in [2.24, 2.45) is 0 Å². The van der Waals surface area contributed by atoms with Gasteiger partial charge in [-0.3, -0.25) is 4.98 Å². The summed E-state index contributed by atoms with van der Waals surface area (Å²) in [5.74, 6) is 0. The lowest BCUT2D eigenvalue weighted by atomic mass is 9.98. The zero-order valence-corrected chi connectivity index (χ0v) is 18.3. The van der Waals surface area contributed by atoms with E-state index in [9.17, 15) is 5.26 Å². The summed E-state index contributed by atoms with van der Waals surface area (Å²) in [5.41, 5.74) is 3.97. The molecular formula is C26H29N5O. The minimum atomic E-state index is 0.436. The van der Waals surface area contributed by atoms with Crippen LogP contribution in [0.15, 0.2) is 54.9 Å². The third kappa shape index (κ3) is 4.76. The molecule has 1 unspecified atom stereocenters. The number of aromatic nitrogens is 1. The number of nitrogens with zero attached hydrogens (tertiary/aromatic N) is 3. The fraction of sp³-hybridized carbons (Fsp3) is 0.385. The van der Waals surface area contributed by atoms with Gasteiger partial charge in [-0.2, -0.15) is 5.26 Å². The number of rotatable bonds is 5. The molecule has 0 amide bonds. The van der Waals surface area contributed by atoms with Gasteiger partial charge in [-0.15, -0.1) is 0 Å². The van der Waals surface area contributed by atoms with Crippen LogP contribution in [0.4, 0.5) is 5.69 Å². The van der Waals surface area contributed by atoms with Gasteiger partial charge in [0, 0.05) is 61.7 Å². The molecule has 3 heterocycles. The minimum absolute atomic E-state index is 0.436. The van der Waals surface area contributed by atoms with Crippen LogP contribution in [0, 0.1) is 11.3 Å². The third-order valence-corrected chi connectivity index (χ3v) is 6.51. The summed E-state index contributed by atoms with van der Waals surface area (Å²) in [6.07, 6.45) is 6.01. The summed E-state index contributed by atoms with van der Waals surface area (Å²) in [5, 5.41) is 19.0. The molecule has 6 nitrogen and oxygen atoms in total. The van der Waals surface area contributed by atoms with E-state index in [0.717, 1.165) is 79.8 Å². The van der Waals surface area contributed by atoms with Crippen LogP contribution in [-0.2, 0) is 4.74 Å². The van der Waals surface area contributed by atoms with Crippen LogP contribution in [0.3, 0.4) is 0 Å². The molecule has 6 heteroatoms. The first kappa shape index (κ1) is 20.9. The second kappa shape index (κ2) is 9.66. The van der Waals surface area contributed by atoms with Gasteiger partial charge in [0.1, 0.15) is 0 Å². The predicted octanol–water partition coefficient (Wildman–Crippen LogP) is 3.64. The van der Waals surface area contributed by atoms with Crippen molar-refractivity contribution >= 4 is 16.5 Å². The van der Waals surface area contributed by atoms with E-state index in [0.29, 0.717) is 17.6 Å². The predicted molar refractivity (Wildman–Crippen MR) is 128 cm³/mol. The van der Waals surface area contributed by atoms with Gasteiger partial charge < -0.3 is 20.3 Å². The van der Waals surface area contributed by atoms with Crippen molar-refractivity contribution in [2.75, 3.05) is 44.7 Å². The number of morpholine rings is 1. The maximum atomic E-state index is 9.29. The van der Waals surface area contributed by atoms with E-state index in [1.807, 2.05) is 30.6 Å². The maximum absolute atomic E-state index is 9.29. The Labute approximate surface area is 189 Å². The number of pyridine rings is 1. The molecule has 1 atom stereocenters. The van der Waals surface area contributed by atoms with Crippen LogP contribution in [0.2, 0.25) is 0 Å². The second-order valence-corrected chi connectivity index (χ2v) is 8.76. The Bertz CT molecular complexity index is 1110. The molecule has 0 spiro atoms. The number of benzene rings is 2. The largest absolute Gasteiger partial charge is 0.382 e. The zero-order valence-electron chi connectivity index (χ0n) is 18.3. The number of nitrogens with one attached hydrogen (secondary N) is 2. The molecule has 0 bridgehead atoms. The van der Waals surface area contributed by atoms with Gasteiger partial charge in [0.05, 0.1) is 24.8 Å². The maximum Gasteiger partial charge on any atom is 0.0991 e. The van der Waals surface area contributed by atoms with Crippen LogP contribution < -0.4 is 10.6 Å². The molecule has 164 valence electrons. The van der Waals surface area contributed by atoms with Crippen LogP contribution >= 0.6 is 0 Å². The van der Waals surface area contributed by atoms with Crippen molar-refractivity contribution < 1.29 is 4.74 Å². The molecule has 2 aromatic carbocycles. The van der Waals surface area contributed by atoms with Crippen LogP contribution in [0.5, 0.6) is 0 Å². The van der Waals surface area contributed by atoms with E-state index in [2.05, 4.69) is 50.9 Å². The molecule has 0 aliphatic carbocycles. The second-order valence-electron chi connectivity index (χ2n) is 8.76. The van der Waals surface area contributed by atoms with Gasteiger partial charge in [-0.25, -0.2) is 0 Å². The molecule has 2 saturated heterocycles. The van der Waals surface area contributed by atoms with Crippen LogP contribution in [0.1, 0.15) is 18.4 Å². The summed E-state index contributed by atoms with van der Waals surface area (Å²) in [6.45, 7) is 5.84. The van der Waals surface area contributed by atoms with Gasteiger partial charge in [0.15, 0.2) is 0 Å². The third-order valence-electron chi connectivity index (χ3n) is 6.51. The molecule has 0 saturated carbocycles. The Hall–Kier alpha value is -2.98. The lowest BCUT2D eigenvalue weighted by molar-refractivity contribution is 0.0583. The number of fused-ring (bicyclic) bond motifs is 1. The lowest BCUT2D eigenvalue weighted by Crippen LogP contribution is -2.50. The molecule has 0 radical (unpaired) electrons. The van der Waals surface area contributed by atoms with E-state index in [-0.39, 0.29) is 0 Å². The van der Waals surface area contributed by atoms with Crippen molar-refractivity contribution in [1.29, 1.82) is 5.26 Å². The van der Waals surface area contributed by atoms with Gasteiger partial charge in [-0.05, 0) is 59.7 Å². The zero-order chi connectivity index (χ0) is 21.8. The fourth-order valence-electron chi connectivity index (χ4n) is 4.78. The van der Waals surface area contributed by atoms with E-state index in [4.69, 9.17) is 4.74 Å². The summed E-state index contributed by atoms with van der Waals surface area (Å²) in [4.78, 5) is 6.91. The Morgan fingerprint density at radius 3 is 2.88 bits per heavy atom. The number of nitriles is 1. The average Bonchev–Trinajstić information content (AvgIpc) is 2.86. The molecule has 2 N–H and O–H groups in total. The van der Waals surface area contributed by atoms with Crippen molar-refractivity contribution in [3.63, 3.8) is 0 Å². The number of hydrogen-bond acceptors (Lipinski definition) is 6. The molecule has 32 heavy (non-hydrogen) atoms. The van der Waals surface area contributed by atoms with Crippen molar-refractivity contribution in [2.45, 2.75) is 24.9 Å². The summed E-state index contributed by atoms with van der Waals surface area (Å²) >= 11 is 0. The van der Waals surface area contributed by atoms with Crippen molar-refractivity contribution in [3.8, 4) is 17.2 Å². The standard InChI is InChI=1S/C26H29N5O/c27-15-19-2-1-3-20(12-19)22-13-21-4-7-28-16-25(21)26(14-22)30-23-5-9-31(10-6-23)17-24-18-32-11-8-29-24/h1-4,7,12-14,16,23-24,29-30H,5-6,8-11,17-18H2. The average molecular weight is 428 g/mol. The van der Waals surface area contributed by atoms with Crippen LogP contribution in [0.25, 0.3) is 21.9 Å². The molecule has 2 aliphatic heterocycles. The molecular weight excluding hydrogens is 398 g/mol. The highest BCUT2D eigenvalue weighted by Gasteiger charge is 2.23. The van der Waals surface area contributed by atoms with Crippen molar-refractivity contribution in [1.82, 2.24) is 15.2 Å². The van der Waals surface area contributed by atoms with Crippen LogP contribution in [-0.4, -0.2) is 61.4 Å². The minimum Gasteiger partial charge on any atom is -0.382 e. The number of ether oxygens (including phenoxy) is 1. The highest BCUT2D eigenvalue weighted by molar-refractivity contribution is 5.97. The lowest BCUT2D eigenvalue weighted by Gasteiger charge is -2.36. The van der Waals surface area contributed by atoms with E-state index in [1.54, 1.807) is 0 Å². The van der Waals surface area contributed by atoms with Crippen molar-refractivity contribution in [3.05, 3.63) is 60.4 Å². The first-order valence-electron chi connectivity index (χ1n) is 11.5. The van der Waals surface area contributed by atoms with Gasteiger partial charge in [0.25, 0.3) is 0 Å². The number of likely N-dealkylation sites (tertiary alicyclic amines) is 1. The van der Waals surface area contributed by atoms with Gasteiger partial charge in [0.2, 0.25) is 0 Å². The highest BCUT2D eigenvalue weighted by atomic mass is 16.5. The van der Waals surface area contributed by atoms with E-state index in [1.165, 1.54) is 0 Å². The molecule has 2 aliphatic rings. The summed E-state index contributed by atoms with van der Waals surface area (Å²) in [6, 6.07) is 17.4. The van der Waals surface area contributed by atoms with E-state index < -0.39 is 0 Å². The number of hydrogen-bond donors (Lipinski definition) is 2. The SMILES string of the molecule is N#Cc1cccc(-c2cc(NC3CCN(CC4COCCN4)CC3)c3cnccc3c2)c1. The first-order chi connectivity index (χ1) is 15.8. The Kier molecular flexibility index (Phi) is 6.31. The molecule has 3 aromatic rings. The molecule has 2 fully saturated rings. The molecule has 5 rings (SSSR count). The monoisotopic (exact) mass is 427 g/mol. The van der Waals surface area contributed by atoms with Gasteiger partial charge >= 0.3 is 0 Å². The Morgan fingerprint density at radius 2 is 2.06 bits per heavy atom. The smallest absolute Gasteiger partial charge is 0.0991 e. The molecule has 1 aromatic heterocycles.